The average molecular weight is 241 g/mol. The Kier molecular flexibility index (Phi) is 3.10. The van der Waals surface area contributed by atoms with Crippen LogP contribution in [0.1, 0.15) is 47.6 Å². The molecule has 2 rings (SSSR count). The normalized spacial score (nSPS) is 14.9. The zero-order chi connectivity index (χ0) is 11.7. The van der Waals surface area contributed by atoms with Crippen molar-refractivity contribution >= 4 is 17.6 Å². The van der Waals surface area contributed by atoms with Gasteiger partial charge in [0.1, 0.15) is 16.5 Å². The van der Waals surface area contributed by atoms with Crippen LogP contribution in [0.4, 0.5) is 0 Å². The van der Waals surface area contributed by atoms with Gasteiger partial charge in [0.25, 0.3) is 0 Å². The number of hydrogen-bond donors (Lipinski definition) is 0. The molecule has 0 unspecified atom stereocenters. The van der Waals surface area contributed by atoms with Crippen LogP contribution in [0.5, 0.6) is 0 Å². The monoisotopic (exact) mass is 240 g/mol. The van der Waals surface area contributed by atoms with Crippen molar-refractivity contribution in [2.24, 2.45) is 0 Å². The predicted molar refractivity (Wildman–Crippen MR) is 59.7 cm³/mol. The summed E-state index contributed by atoms with van der Waals surface area (Å²) in [7, 11) is 0. The number of nitrogens with zero attached hydrogens (tertiary/aromatic N) is 2. The molecule has 0 atom stereocenters. The molecule has 0 bridgehead atoms. The van der Waals surface area contributed by atoms with Gasteiger partial charge in [0.2, 0.25) is 0 Å². The highest BCUT2D eigenvalue weighted by Gasteiger charge is 2.29. The standard InChI is InChI=1S/C11H13ClN2O2/c1-3-16-11(15)8-6(2)13-10(7-4-5-7)14-9(8)12/h7H,3-5H2,1-2H3. The molecular formula is C11H13ClN2O2. The summed E-state index contributed by atoms with van der Waals surface area (Å²) < 4.78 is 4.90. The maximum absolute atomic E-state index is 11.6. The van der Waals surface area contributed by atoms with Crippen molar-refractivity contribution in [1.82, 2.24) is 9.97 Å². The van der Waals surface area contributed by atoms with E-state index in [1.54, 1.807) is 13.8 Å². The molecule has 0 radical (unpaired) electrons. The molecule has 4 nitrogen and oxygen atoms in total. The molecule has 1 aliphatic rings. The van der Waals surface area contributed by atoms with Crippen molar-refractivity contribution in [3.63, 3.8) is 0 Å². The Bertz CT molecular complexity index is 407. The topological polar surface area (TPSA) is 52.1 Å². The van der Waals surface area contributed by atoms with E-state index in [4.69, 9.17) is 16.3 Å². The fourth-order valence-electron chi connectivity index (χ4n) is 1.52. The Morgan fingerprint density at radius 1 is 1.50 bits per heavy atom. The largest absolute Gasteiger partial charge is 0.462 e. The highest BCUT2D eigenvalue weighted by atomic mass is 35.5. The summed E-state index contributed by atoms with van der Waals surface area (Å²) in [5, 5.41) is 0.202. The molecule has 0 aliphatic heterocycles. The number of hydrogen-bond acceptors (Lipinski definition) is 4. The van der Waals surface area contributed by atoms with E-state index < -0.39 is 5.97 Å². The first-order valence-corrected chi connectivity index (χ1v) is 5.72. The van der Waals surface area contributed by atoms with Crippen molar-refractivity contribution in [3.8, 4) is 0 Å². The molecule has 1 heterocycles. The van der Waals surface area contributed by atoms with Gasteiger partial charge in [-0.2, -0.15) is 0 Å². The number of ether oxygens (including phenoxy) is 1. The van der Waals surface area contributed by atoms with E-state index in [9.17, 15) is 4.79 Å². The van der Waals surface area contributed by atoms with Gasteiger partial charge in [-0.25, -0.2) is 14.8 Å². The van der Waals surface area contributed by atoms with Crippen LogP contribution in [0.15, 0.2) is 0 Å². The molecule has 86 valence electrons. The van der Waals surface area contributed by atoms with Gasteiger partial charge in [-0.1, -0.05) is 11.6 Å². The molecule has 0 amide bonds. The third-order valence-corrected chi connectivity index (χ3v) is 2.76. The van der Waals surface area contributed by atoms with Gasteiger partial charge in [0.05, 0.1) is 12.3 Å². The lowest BCUT2D eigenvalue weighted by molar-refractivity contribution is 0.0524. The van der Waals surface area contributed by atoms with Crippen LogP contribution in [0.3, 0.4) is 0 Å². The van der Waals surface area contributed by atoms with Crippen molar-refractivity contribution < 1.29 is 9.53 Å². The summed E-state index contributed by atoms with van der Waals surface area (Å²) in [5.74, 6) is 0.718. The summed E-state index contributed by atoms with van der Waals surface area (Å²) >= 11 is 5.99. The molecule has 5 heteroatoms. The van der Waals surface area contributed by atoms with E-state index in [0.29, 0.717) is 18.2 Å². The Labute approximate surface area is 99.0 Å². The smallest absolute Gasteiger partial charge is 0.343 e. The fraction of sp³-hybridized carbons (Fsp3) is 0.545. The average Bonchev–Trinajstić information content (AvgIpc) is 2.99. The van der Waals surface area contributed by atoms with E-state index in [0.717, 1.165) is 18.7 Å². The van der Waals surface area contributed by atoms with Gasteiger partial charge in [-0.15, -0.1) is 0 Å². The van der Waals surface area contributed by atoms with Gasteiger partial charge in [0.15, 0.2) is 0 Å². The number of halogens is 1. The van der Waals surface area contributed by atoms with Crippen LogP contribution in [-0.4, -0.2) is 22.5 Å². The summed E-state index contributed by atoms with van der Waals surface area (Å²) in [6.45, 7) is 3.82. The molecule has 1 saturated carbocycles. The fourth-order valence-corrected chi connectivity index (χ4v) is 1.82. The van der Waals surface area contributed by atoms with Crippen LogP contribution in [0.25, 0.3) is 0 Å². The molecule has 1 aromatic heterocycles. The second-order valence-electron chi connectivity index (χ2n) is 3.83. The van der Waals surface area contributed by atoms with Crippen molar-refractivity contribution in [1.29, 1.82) is 0 Å². The first-order valence-electron chi connectivity index (χ1n) is 5.34. The van der Waals surface area contributed by atoms with Gasteiger partial charge < -0.3 is 4.74 Å². The summed E-state index contributed by atoms with van der Waals surface area (Å²) in [6, 6.07) is 0. The molecule has 0 N–H and O–H groups in total. The van der Waals surface area contributed by atoms with E-state index in [1.165, 1.54) is 0 Å². The first kappa shape index (κ1) is 11.3. The van der Waals surface area contributed by atoms with E-state index in [1.807, 2.05) is 0 Å². The van der Waals surface area contributed by atoms with Crippen LogP contribution < -0.4 is 0 Å². The number of rotatable bonds is 3. The number of carbonyl (C=O) groups is 1. The van der Waals surface area contributed by atoms with Crippen molar-refractivity contribution in [2.75, 3.05) is 6.61 Å². The summed E-state index contributed by atoms with van der Waals surface area (Å²) in [4.78, 5) is 20.1. The van der Waals surface area contributed by atoms with E-state index >= 15 is 0 Å². The lowest BCUT2D eigenvalue weighted by Crippen LogP contribution is -2.11. The Hall–Kier alpha value is -1.16. The molecule has 16 heavy (non-hydrogen) atoms. The van der Waals surface area contributed by atoms with Crippen LogP contribution in [-0.2, 0) is 4.74 Å². The minimum absolute atomic E-state index is 0.202. The second-order valence-corrected chi connectivity index (χ2v) is 4.19. The van der Waals surface area contributed by atoms with E-state index in [-0.39, 0.29) is 10.7 Å². The quantitative estimate of drug-likeness (QED) is 0.602. The van der Waals surface area contributed by atoms with Crippen LogP contribution >= 0.6 is 11.6 Å². The number of esters is 1. The maximum atomic E-state index is 11.6. The Morgan fingerprint density at radius 3 is 2.69 bits per heavy atom. The number of carbonyl (C=O) groups excluding carboxylic acids is 1. The van der Waals surface area contributed by atoms with Crippen molar-refractivity contribution in [3.05, 3.63) is 22.2 Å². The molecule has 0 aromatic carbocycles. The third kappa shape index (κ3) is 2.16. The number of aromatic nitrogens is 2. The van der Waals surface area contributed by atoms with Gasteiger partial charge in [0, 0.05) is 5.92 Å². The van der Waals surface area contributed by atoms with Crippen molar-refractivity contribution in [2.45, 2.75) is 32.6 Å². The van der Waals surface area contributed by atoms with Gasteiger partial charge in [-0.3, -0.25) is 0 Å². The number of aryl methyl sites for hydroxylation is 1. The zero-order valence-corrected chi connectivity index (χ0v) is 10.0. The zero-order valence-electron chi connectivity index (χ0n) is 9.29. The van der Waals surface area contributed by atoms with E-state index in [2.05, 4.69) is 9.97 Å². The molecule has 0 spiro atoms. The summed E-state index contributed by atoms with van der Waals surface area (Å²) in [5.41, 5.74) is 0.883. The lowest BCUT2D eigenvalue weighted by Gasteiger charge is -2.08. The minimum Gasteiger partial charge on any atom is -0.462 e. The summed E-state index contributed by atoms with van der Waals surface area (Å²) in [6.07, 6.45) is 2.21. The van der Waals surface area contributed by atoms with Crippen LogP contribution in [0.2, 0.25) is 5.15 Å². The second kappa shape index (κ2) is 4.37. The Morgan fingerprint density at radius 2 is 2.19 bits per heavy atom. The molecular weight excluding hydrogens is 228 g/mol. The third-order valence-electron chi connectivity index (χ3n) is 2.49. The highest BCUT2D eigenvalue weighted by molar-refractivity contribution is 6.32. The minimum atomic E-state index is -0.452. The predicted octanol–water partition coefficient (Wildman–Crippen LogP) is 2.49. The molecule has 1 aliphatic carbocycles. The SMILES string of the molecule is CCOC(=O)c1c(C)nc(C2CC2)nc1Cl. The first-order chi connectivity index (χ1) is 7.63. The van der Waals surface area contributed by atoms with Gasteiger partial charge >= 0.3 is 5.97 Å². The van der Waals surface area contributed by atoms with Crippen LogP contribution in [0, 0.1) is 6.92 Å². The molecule has 0 saturated heterocycles. The lowest BCUT2D eigenvalue weighted by atomic mass is 10.2. The molecule has 1 aromatic rings. The maximum Gasteiger partial charge on any atom is 0.343 e. The van der Waals surface area contributed by atoms with Gasteiger partial charge in [-0.05, 0) is 26.7 Å². The highest BCUT2D eigenvalue weighted by Crippen LogP contribution is 2.38. The Balaban J connectivity index is 2.34. The molecule has 1 fully saturated rings.